The van der Waals surface area contributed by atoms with Gasteiger partial charge in [0.2, 0.25) is 6.79 Å². The summed E-state index contributed by atoms with van der Waals surface area (Å²) in [5.41, 5.74) is 1.02. The van der Waals surface area contributed by atoms with E-state index in [0.717, 1.165) is 5.56 Å². The van der Waals surface area contributed by atoms with E-state index < -0.39 is 18.0 Å². The van der Waals surface area contributed by atoms with Gasteiger partial charge in [0.05, 0.1) is 14.2 Å². The van der Waals surface area contributed by atoms with Crippen LogP contribution in [0, 0.1) is 0 Å². The molecule has 8 nitrogen and oxygen atoms in total. The van der Waals surface area contributed by atoms with Crippen molar-refractivity contribution in [3.8, 4) is 23.0 Å². The molecule has 1 aliphatic rings. The largest absolute Gasteiger partial charge is 0.493 e. The van der Waals surface area contributed by atoms with E-state index in [9.17, 15) is 9.59 Å². The summed E-state index contributed by atoms with van der Waals surface area (Å²) in [6, 6.07) is 10.2. The lowest BCUT2D eigenvalue weighted by atomic mass is 10.2. The van der Waals surface area contributed by atoms with Crippen LogP contribution in [-0.4, -0.2) is 39.0 Å². The summed E-state index contributed by atoms with van der Waals surface area (Å²) in [5.74, 6) is 0.857. The lowest BCUT2D eigenvalue weighted by Crippen LogP contribution is -2.35. The third kappa shape index (κ3) is 4.11. The smallest absolute Gasteiger partial charge is 0.342 e. The number of carbonyl (C=O) groups is 2. The van der Waals surface area contributed by atoms with Gasteiger partial charge in [-0.05, 0) is 36.8 Å². The molecule has 0 radical (unpaired) electrons. The Morgan fingerprint density at radius 1 is 1.11 bits per heavy atom. The zero-order valence-corrected chi connectivity index (χ0v) is 15.8. The Kier molecular flexibility index (Phi) is 5.88. The van der Waals surface area contributed by atoms with E-state index in [1.165, 1.54) is 21.1 Å². The first-order valence-electron chi connectivity index (χ1n) is 8.61. The van der Waals surface area contributed by atoms with Crippen LogP contribution in [0.5, 0.6) is 23.0 Å². The Morgan fingerprint density at radius 2 is 1.89 bits per heavy atom. The zero-order chi connectivity index (χ0) is 20.1. The third-order valence-corrected chi connectivity index (χ3v) is 4.18. The minimum Gasteiger partial charge on any atom is -0.493 e. The number of rotatable bonds is 7. The van der Waals surface area contributed by atoms with Crippen LogP contribution in [0.3, 0.4) is 0 Å². The molecule has 1 aliphatic heterocycles. The Balaban J connectivity index is 1.59. The summed E-state index contributed by atoms with van der Waals surface area (Å²) in [7, 11) is 2.90. The molecule has 0 fully saturated rings. The molecule has 28 heavy (non-hydrogen) atoms. The first-order valence-corrected chi connectivity index (χ1v) is 8.61. The summed E-state index contributed by atoms with van der Waals surface area (Å²) >= 11 is 0. The van der Waals surface area contributed by atoms with Gasteiger partial charge in [-0.15, -0.1) is 0 Å². The number of para-hydroxylation sites is 1. The highest BCUT2D eigenvalue weighted by Crippen LogP contribution is 2.33. The summed E-state index contributed by atoms with van der Waals surface area (Å²) in [6.07, 6.45) is -0.989. The minimum absolute atomic E-state index is 0.178. The van der Waals surface area contributed by atoms with Gasteiger partial charge >= 0.3 is 5.97 Å². The predicted octanol–water partition coefficient (Wildman–Crippen LogP) is 2.29. The minimum atomic E-state index is -0.989. The van der Waals surface area contributed by atoms with Crippen molar-refractivity contribution in [2.24, 2.45) is 0 Å². The van der Waals surface area contributed by atoms with E-state index in [2.05, 4.69) is 5.32 Å². The summed E-state index contributed by atoms with van der Waals surface area (Å²) in [4.78, 5) is 24.7. The van der Waals surface area contributed by atoms with E-state index >= 15 is 0 Å². The molecule has 2 aromatic carbocycles. The van der Waals surface area contributed by atoms with Crippen LogP contribution in [0.1, 0.15) is 22.8 Å². The van der Waals surface area contributed by atoms with E-state index in [-0.39, 0.29) is 24.7 Å². The molecule has 0 saturated carbocycles. The second-order valence-corrected chi connectivity index (χ2v) is 5.99. The Morgan fingerprint density at radius 3 is 2.64 bits per heavy atom. The highest BCUT2D eigenvalue weighted by atomic mass is 16.7. The van der Waals surface area contributed by atoms with Crippen molar-refractivity contribution in [3.05, 3.63) is 47.5 Å². The molecule has 1 heterocycles. The van der Waals surface area contributed by atoms with Crippen molar-refractivity contribution >= 4 is 11.9 Å². The first-order chi connectivity index (χ1) is 13.5. The number of hydrogen-bond acceptors (Lipinski definition) is 7. The van der Waals surface area contributed by atoms with Crippen molar-refractivity contribution in [3.63, 3.8) is 0 Å². The Hall–Kier alpha value is -3.42. The number of esters is 1. The zero-order valence-electron chi connectivity index (χ0n) is 15.8. The highest BCUT2D eigenvalue weighted by Gasteiger charge is 2.23. The van der Waals surface area contributed by atoms with Crippen molar-refractivity contribution < 1.29 is 33.3 Å². The van der Waals surface area contributed by atoms with Crippen molar-refractivity contribution in [2.75, 3.05) is 21.0 Å². The van der Waals surface area contributed by atoms with Crippen LogP contribution in [0.4, 0.5) is 0 Å². The molecule has 148 valence electrons. The fourth-order valence-electron chi connectivity index (χ4n) is 2.71. The van der Waals surface area contributed by atoms with Crippen LogP contribution in [0.15, 0.2) is 36.4 Å². The molecule has 0 unspecified atom stereocenters. The summed E-state index contributed by atoms with van der Waals surface area (Å²) in [6.45, 7) is 1.95. The normalized spacial score (nSPS) is 12.8. The lowest BCUT2D eigenvalue weighted by Gasteiger charge is -2.16. The van der Waals surface area contributed by atoms with Gasteiger partial charge in [0.1, 0.15) is 5.56 Å². The summed E-state index contributed by atoms with van der Waals surface area (Å²) in [5, 5.41) is 2.73. The third-order valence-electron chi connectivity index (χ3n) is 4.18. The SMILES string of the molecule is COc1cccc(C(=O)O[C@@H](C)C(=O)NCc2ccc3c(c2)OCO3)c1OC. The molecule has 0 aromatic heterocycles. The molecule has 8 heteroatoms. The predicted molar refractivity (Wildman–Crippen MR) is 98.8 cm³/mol. The highest BCUT2D eigenvalue weighted by molar-refractivity contribution is 5.95. The van der Waals surface area contributed by atoms with Gasteiger partial charge in [0.15, 0.2) is 29.1 Å². The topological polar surface area (TPSA) is 92.3 Å². The molecule has 1 amide bonds. The van der Waals surface area contributed by atoms with Crippen LogP contribution in [-0.2, 0) is 16.1 Å². The second kappa shape index (κ2) is 8.51. The van der Waals surface area contributed by atoms with E-state index in [4.69, 9.17) is 23.7 Å². The second-order valence-electron chi connectivity index (χ2n) is 5.99. The number of ether oxygens (including phenoxy) is 5. The first kappa shape index (κ1) is 19.3. The van der Waals surface area contributed by atoms with Gasteiger partial charge in [0.25, 0.3) is 5.91 Å². The molecule has 0 spiro atoms. The lowest BCUT2D eigenvalue weighted by molar-refractivity contribution is -0.129. The van der Waals surface area contributed by atoms with E-state index in [1.807, 2.05) is 6.07 Å². The fraction of sp³-hybridized carbons (Fsp3) is 0.300. The Bertz CT molecular complexity index is 881. The van der Waals surface area contributed by atoms with Crippen LogP contribution in [0.2, 0.25) is 0 Å². The molecule has 0 aliphatic carbocycles. The van der Waals surface area contributed by atoms with Gasteiger partial charge in [-0.2, -0.15) is 0 Å². The van der Waals surface area contributed by atoms with Crippen molar-refractivity contribution in [1.82, 2.24) is 5.32 Å². The molecule has 3 rings (SSSR count). The van der Waals surface area contributed by atoms with E-state index in [1.54, 1.807) is 30.3 Å². The van der Waals surface area contributed by atoms with E-state index in [0.29, 0.717) is 17.2 Å². The average molecular weight is 387 g/mol. The number of benzene rings is 2. The number of hydrogen-bond donors (Lipinski definition) is 1. The average Bonchev–Trinajstić information content (AvgIpc) is 3.18. The van der Waals surface area contributed by atoms with Crippen LogP contribution >= 0.6 is 0 Å². The molecule has 1 atom stereocenters. The Labute approximate surface area is 162 Å². The molecule has 0 bridgehead atoms. The van der Waals surface area contributed by atoms with Crippen LogP contribution in [0.25, 0.3) is 0 Å². The number of carbonyl (C=O) groups excluding carboxylic acids is 2. The number of amides is 1. The quantitative estimate of drug-likeness (QED) is 0.729. The van der Waals surface area contributed by atoms with Crippen molar-refractivity contribution in [2.45, 2.75) is 19.6 Å². The van der Waals surface area contributed by atoms with Crippen LogP contribution < -0.4 is 24.3 Å². The van der Waals surface area contributed by atoms with Gasteiger partial charge in [-0.25, -0.2) is 4.79 Å². The standard InChI is InChI=1S/C20H21NO7/c1-12(28-20(23)14-5-4-6-16(24-2)18(14)25-3)19(22)21-10-13-7-8-15-17(9-13)27-11-26-15/h4-9,12H,10-11H2,1-3H3,(H,21,22)/t12-/m0/s1. The molecular weight excluding hydrogens is 366 g/mol. The van der Waals surface area contributed by atoms with Gasteiger partial charge in [-0.1, -0.05) is 12.1 Å². The molecule has 2 aromatic rings. The molecule has 1 N–H and O–H groups in total. The number of fused-ring (bicyclic) bond motifs is 1. The number of methoxy groups -OCH3 is 2. The summed E-state index contributed by atoms with van der Waals surface area (Å²) < 4.78 is 26.2. The maximum atomic E-state index is 12.4. The van der Waals surface area contributed by atoms with Gasteiger partial charge in [-0.3, -0.25) is 4.79 Å². The fourth-order valence-corrected chi connectivity index (χ4v) is 2.71. The number of nitrogens with one attached hydrogen (secondary N) is 1. The maximum absolute atomic E-state index is 12.4. The maximum Gasteiger partial charge on any atom is 0.342 e. The van der Waals surface area contributed by atoms with Gasteiger partial charge < -0.3 is 29.0 Å². The monoisotopic (exact) mass is 387 g/mol. The molecule has 0 saturated heterocycles. The van der Waals surface area contributed by atoms with Crippen molar-refractivity contribution in [1.29, 1.82) is 0 Å². The van der Waals surface area contributed by atoms with Gasteiger partial charge in [0, 0.05) is 6.54 Å². The molecular formula is C20H21NO7.